The highest BCUT2D eigenvalue weighted by atomic mass is 79.9. The van der Waals surface area contributed by atoms with Crippen LogP contribution in [0.15, 0.2) is 58.1 Å². The molecule has 2 aromatic rings. The molecule has 0 atom stereocenters. The number of hydrazone groups is 1. The minimum atomic E-state index is -3.65. The molecule has 1 amide bonds. The first kappa shape index (κ1) is 21.9. The molecule has 0 heterocycles. The van der Waals surface area contributed by atoms with Crippen molar-refractivity contribution in [2.75, 3.05) is 23.7 Å². The maximum atomic E-state index is 12.5. The van der Waals surface area contributed by atoms with Gasteiger partial charge in [-0.15, -0.1) is 0 Å². The maximum absolute atomic E-state index is 12.5. The van der Waals surface area contributed by atoms with E-state index in [4.69, 9.17) is 4.74 Å². The van der Waals surface area contributed by atoms with Crippen LogP contribution in [0.1, 0.15) is 19.4 Å². The van der Waals surface area contributed by atoms with Crippen molar-refractivity contribution < 1.29 is 17.9 Å². The summed E-state index contributed by atoms with van der Waals surface area (Å²) in [7, 11) is -2.12. The molecule has 150 valence electrons. The highest BCUT2D eigenvalue weighted by Gasteiger charge is 2.23. The van der Waals surface area contributed by atoms with Gasteiger partial charge in [-0.05, 0) is 55.8 Å². The van der Waals surface area contributed by atoms with Crippen molar-refractivity contribution in [3.05, 3.63) is 58.6 Å². The van der Waals surface area contributed by atoms with Crippen LogP contribution in [0.5, 0.6) is 5.75 Å². The van der Waals surface area contributed by atoms with Crippen molar-refractivity contribution in [1.29, 1.82) is 0 Å². The molecule has 7 nitrogen and oxygen atoms in total. The lowest BCUT2D eigenvalue weighted by molar-refractivity contribution is -0.119. The summed E-state index contributed by atoms with van der Waals surface area (Å²) in [5, 5.41) is 4.07. The highest BCUT2D eigenvalue weighted by molar-refractivity contribution is 9.10. The number of halogens is 1. The van der Waals surface area contributed by atoms with Crippen molar-refractivity contribution in [2.24, 2.45) is 5.10 Å². The molecular formula is C19H22BrN3O4S. The number of nitrogens with one attached hydrogen (secondary N) is 1. The van der Waals surface area contributed by atoms with Crippen molar-refractivity contribution in [3.8, 4) is 5.75 Å². The number of amides is 1. The van der Waals surface area contributed by atoms with Crippen molar-refractivity contribution in [1.82, 2.24) is 5.43 Å². The van der Waals surface area contributed by atoms with Crippen LogP contribution >= 0.6 is 15.9 Å². The number of rotatable bonds is 8. The zero-order chi connectivity index (χ0) is 20.7. The molecule has 0 aliphatic heterocycles. The number of anilines is 1. The molecule has 0 aliphatic rings. The Morgan fingerprint density at radius 1 is 1.21 bits per heavy atom. The summed E-state index contributed by atoms with van der Waals surface area (Å²) in [6.07, 6.45) is 0. The summed E-state index contributed by atoms with van der Waals surface area (Å²) in [6.45, 7) is 2.91. The SMILES string of the molecule is CCS(=O)(=O)N(CC(=O)N/N=C(/C)c1cccc(Br)c1)c1ccc(OC)cc1. The molecule has 1 N–H and O–H groups in total. The minimum Gasteiger partial charge on any atom is -0.497 e. The lowest BCUT2D eigenvalue weighted by Gasteiger charge is -2.23. The third-order valence-corrected chi connectivity index (χ3v) is 6.17. The van der Waals surface area contributed by atoms with Gasteiger partial charge in [0.25, 0.3) is 5.91 Å². The van der Waals surface area contributed by atoms with Crippen LogP contribution in [0.2, 0.25) is 0 Å². The number of benzene rings is 2. The largest absolute Gasteiger partial charge is 0.497 e. The number of nitrogens with zero attached hydrogens (tertiary/aromatic N) is 2. The van der Waals surface area contributed by atoms with Crippen molar-refractivity contribution >= 4 is 43.3 Å². The first-order valence-corrected chi connectivity index (χ1v) is 10.9. The van der Waals surface area contributed by atoms with E-state index in [0.717, 1.165) is 14.3 Å². The van der Waals surface area contributed by atoms with Crippen molar-refractivity contribution in [3.63, 3.8) is 0 Å². The molecule has 0 radical (unpaired) electrons. The second-order valence-electron chi connectivity index (χ2n) is 5.85. The lowest BCUT2D eigenvalue weighted by atomic mass is 10.1. The predicted octanol–water partition coefficient (Wildman–Crippen LogP) is 3.15. The van der Waals surface area contributed by atoms with Gasteiger partial charge in [0.1, 0.15) is 12.3 Å². The van der Waals surface area contributed by atoms with Crippen molar-refractivity contribution in [2.45, 2.75) is 13.8 Å². The molecule has 0 bridgehead atoms. The molecule has 28 heavy (non-hydrogen) atoms. The van der Waals surface area contributed by atoms with Gasteiger partial charge in [0.2, 0.25) is 10.0 Å². The van der Waals surface area contributed by atoms with Crippen LogP contribution in [-0.2, 0) is 14.8 Å². The smallest absolute Gasteiger partial charge is 0.260 e. The molecule has 9 heteroatoms. The molecular weight excluding hydrogens is 446 g/mol. The molecule has 2 aromatic carbocycles. The lowest BCUT2D eigenvalue weighted by Crippen LogP contribution is -2.40. The Hall–Kier alpha value is -2.39. The minimum absolute atomic E-state index is 0.132. The second-order valence-corrected chi connectivity index (χ2v) is 8.95. The highest BCUT2D eigenvalue weighted by Crippen LogP contribution is 2.22. The number of sulfonamides is 1. The zero-order valence-electron chi connectivity index (χ0n) is 15.8. The fourth-order valence-electron chi connectivity index (χ4n) is 2.34. The predicted molar refractivity (Wildman–Crippen MR) is 114 cm³/mol. The summed E-state index contributed by atoms with van der Waals surface area (Å²) < 4.78 is 32.0. The van der Waals surface area contributed by atoms with Crippen LogP contribution < -0.4 is 14.5 Å². The Morgan fingerprint density at radius 2 is 1.89 bits per heavy atom. The average Bonchev–Trinajstić information content (AvgIpc) is 2.70. The summed E-state index contributed by atoms with van der Waals surface area (Å²) in [6, 6.07) is 13.9. The third kappa shape index (κ3) is 5.80. The number of hydrogen-bond donors (Lipinski definition) is 1. The molecule has 2 rings (SSSR count). The fourth-order valence-corrected chi connectivity index (χ4v) is 3.81. The maximum Gasteiger partial charge on any atom is 0.260 e. The van der Waals surface area contributed by atoms with E-state index in [-0.39, 0.29) is 12.3 Å². The van der Waals surface area contributed by atoms with Gasteiger partial charge in [-0.25, -0.2) is 13.8 Å². The van der Waals surface area contributed by atoms with Gasteiger partial charge in [0.15, 0.2) is 0 Å². The first-order valence-electron chi connectivity index (χ1n) is 8.50. The third-order valence-electron chi connectivity index (χ3n) is 3.94. The molecule has 0 saturated heterocycles. The average molecular weight is 468 g/mol. The van der Waals surface area contributed by atoms with Crippen LogP contribution in [0.3, 0.4) is 0 Å². The normalized spacial score (nSPS) is 11.8. The first-order chi connectivity index (χ1) is 13.3. The van der Waals surface area contributed by atoms with E-state index in [1.807, 2.05) is 24.3 Å². The van der Waals surface area contributed by atoms with Gasteiger partial charge in [-0.3, -0.25) is 9.10 Å². The quantitative estimate of drug-likeness (QED) is 0.476. The Bertz CT molecular complexity index is 959. The standard InChI is InChI=1S/C19H22BrN3O4S/c1-4-28(25,26)23(17-8-10-18(27-3)11-9-17)13-19(24)22-21-14(2)15-6-5-7-16(20)12-15/h5-12H,4,13H2,1-3H3,(H,22,24)/b21-14-. The Balaban J connectivity index is 2.17. The van der Waals surface area contributed by atoms with Crippen LogP contribution in [0.25, 0.3) is 0 Å². The Kier molecular flexibility index (Phi) is 7.59. The second kappa shape index (κ2) is 9.70. The number of ether oxygens (including phenoxy) is 1. The van der Waals surface area contributed by atoms with Gasteiger partial charge >= 0.3 is 0 Å². The molecule has 0 spiro atoms. The van der Waals surface area contributed by atoms with E-state index >= 15 is 0 Å². The van der Waals surface area contributed by atoms with Crippen LogP contribution in [0.4, 0.5) is 5.69 Å². The van der Waals surface area contributed by atoms with E-state index in [9.17, 15) is 13.2 Å². The van der Waals surface area contributed by atoms with E-state index in [1.165, 1.54) is 14.0 Å². The number of methoxy groups -OCH3 is 1. The Labute approximate surface area is 173 Å². The molecule has 0 aliphatic carbocycles. The van der Waals surface area contributed by atoms with E-state index in [1.54, 1.807) is 31.2 Å². The summed E-state index contributed by atoms with van der Waals surface area (Å²) in [5.74, 6) is -0.0781. The van der Waals surface area contributed by atoms with Gasteiger partial charge in [0, 0.05) is 4.47 Å². The zero-order valence-corrected chi connectivity index (χ0v) is 18.2. The van der Waals surface area contributed by atoms with Gasteiger partial charge in [-0.1, -0.05) is 28.1 Å². The van der Waals surface area contributed by atoms with Crippen LogP contribution in [0, 0.1) is 0 Å². The summed E-state index contributed by atoms with van der Waals surface area (Å²) in [5.41, 5.74) is 4.24. The molecule has 0 unspecified atom stereocenters. The van der Waals surface area contributed by atoms with Crippen LogP contribution in [-0.4, -0.2) is 39.4 Å². The van der Waals surface area contributed by atoms with E-state index in [0.29, 0.717) is 17.1 Å². The Morgan fingerprint density at radius 3 is 2.46 bits per heavy atom. The number of carbonyl (C=O) groups excluding carboxylic acids is 1. The van der Waals surface area contributed by atoms with Gasteiger partial charge < -0.3 is 4.74 Å². The number of hydrogen-bond acceptors (Lipinski definition) is 5. The van der Waals surface area contributed by atoms with Gasteiger partial charge in [0.05, 0.1) is 24.3 Å². The monoisotopic (exact) mass is 467 g/mol. The number of carbonyl (C=O) groups is 1. The summed E-state index contributed by atoms with van der Waals surface area (Å²) >= 11 is 3.38. The van der Waals surface area contributed by atoms with E-state index < -0.39 is 15.9 Å². The topological polar surface area (TPSA) is 88.1 Å². The molecule has 0 saturated carbocycles. The molecule has 0 aromatic heterocycles. The summed E-state index contributed by atoms with van der Waals surface area (Å²) in [4.78, 5) is 12.4. The van der Waals surface area contributed by atoms with E-state index in [2.05, 4.69) is 26.5 Å². The fraction of sp³-hybridized carbons (Fsp3) is 0.263. The molecule has 0 fully saturated rings. The van der Waals surface area contributed by atoms with Gasteiger partial charge in [-0.2, -0.15) is 5.10 Å².